The minimum Gasteiger partial charge on any atom is -0.309 e. The van der Waals surface area contributed by atoms with Crippen molar-refractivity contribution < 1.29 is 14.4 Å². The number of ketones is 3. The van der Waals surface area contributed by atoms with Crippen LogP contribution in [0.15, 0.2) is 109 Å². The Morgan fingerprint density at radius 3 is 1.38 bits per heavy atom. The number of hydrogen-bond acceptors (Lipinski definition) is 3. The first-order valence-electron chi connectivity index (χ1n) is 13.2. The summed E-state index contributed by atoms with van der Waals surface area (Å²) < 4.78 is 2.11. The molecule has 4 nitrogen and oxygen atoms in total. The predicted molar refractivity (Wildman–Crippen MR) is 160 cm³/mol. The van der Waals surface area contributed by atoms with Gasteiger partial charge < -0.3 is 4.57 Å². The number of nitrogens with zero attached hydrogens (tertiary/aromatic N) is 1. The molecule has 4 heteroatoms. The zero-order chi connectivity index (χ0) is 28.0. The van der Waals surface area contributed by atoms with Crippen molar-refractivity contribution in [1.29, 1.82) is 0 Å². The molecule has 0 N–H and O–H groups in total. The molecule has 0 aliphatic heterocycles. The number of aryl methyl sites for hydroxylation is 2. The van der Waals surface area contributed by atoms with Gasteiger partial charge in [-0.1, -0.05) is 48.5 Å². The van der Waals surface area contributed by atoms with Gasteiger partial charge in [-0.25, -0.2) is 0 Å². The molecule has 0 radical (unpaired) electrons. The lowest BCUT2D eigenvalue weighted by molar-refractivity contribution is 0.101. The van der Waals surface area contributed by atoms with Crippen molar-refractivity contribution in [3.63, 3.8) is 0 Å². The van der Waals surface area contributed by atoms with Crippen molar-refractivity contribution in [2.45, 2.75) is 20.8 Å². The third-order valence-corrected chi connectivity index (χ3v) is 7.60. The van der Waals surface area contributed by atoms with Crippen LogP contribution in [0.1, 0.15) is 60.3 Å². The summed E-state index contributed by atoms with van der Waals surface area (Å²) >= 11 is 0. The van der Waals surface area contributed by atoms with Crippen LogP contribution in [0.25, 0.3) is 27.5 Å². The Hall–Kier alpha value is -5.09. The van der Waals surface area contributed by atoms with Gasteiger partial charge in [0.05, 0.1) is 11.0 Å². The summed E-state index contributed by atoms with van der Waals surface area (Å²) in [5.74, 6) is -0.0785. The Bertz CT molecular complexity index is 1860. The second kappa shape index (κ2) is 9.90. The van der Waals surface area contributed by atoms with Crippen LogP contribution >= 0.6 is 0 Å². The second-order valence-corrected chi connectivity index (χ2v) is 10.2. The third-order valence-electron chi connectivity index (χ3n) is 7.60. The fourth-order valence-corrected chi connectivity index (χ4v) is 5.40. The molecule has 0 atom stereocenters. The van der Waals surface area contributed by atoms with Gasteiger partial charge in [-0.3, -0.25) is 14.4 Å². The molecule has 0 aliphatic carbocycles. The fraction of sp³-hybridized carbons (Fsp3) is 0.0833. The molecule has 1 aromatic heterocycles. The maximum Gasteiger partial charge on any atom is 0.193 e. The van der Waals surface area contributed by atoms with Crippen LogP contribution in [0, 0.1) is 13.8 Å². The van der Waals surface area contributed by atoms with Crippen LogP contribution in [0.5, 0.6) is 0 Å². The topological polar surface area (TPSA) is 56.1 Å². The Kier molecular flexibility index (Phi) is 6.24. The SMILES string of the molecule is CC(=O)c1ccc(-n2c3ccc(C(=O)c4ccccc4C)cc3c3cc(C(=O)c4ccccc4C)ccc32)cc1. The molecule has 0 bridgehead atoms. The molecule has 0 fully saturated rings. The van der Waals surface area contributed by atoms with Crippen molar-refractivity contribution in [3.05, 3.63) is 148 Å². The van der Waals surface area contributed by atoms with E-state index in [4.69, 9.17) is 0 Å². The maximum atomic E-state index is 13.5. The molecule has 5 aromatic carbocycles. The lowest BCUT2D eigenvalue weighted by Gasteiger charge is -2.10. The van der Waals surface area contributed by atoms with Gasteiger partial charge >= 0.3 is 0 Å². The molecular formula is C36H27NO3. The monoisotopic (exact) mass is 521 g/mol. The Morgan fingerprint density at radius 1 is 0.525 bits per heavy atom. The summed E-state index contributed by atoms with van der Waals surface area (Å²) in [5, 5.41) is 1.76. The molecular weight excluding hydrogens is 494 g/mol. The van der Waals surface area contributed by atoms with Crippen LogP contribution in [-0.2, 0) is 0 Å². The van der Waals surface area contributed by atoms with Crippen LogP contribution in [0.2, 0.25) is 0 Å². The molecule has 0 unspecified atom stereocenters. The summed E-state index contributed by atoms with van der Waals surface area (Å²) in [7, 11) is 0. The normalized spacial score (nSPS) is 11.2. The largest absolute Gasteiger partial charge is 0.309 e. The number of aromatic nitrogens is 1. The average molecular weight is 522 g/mol. The van der Waals surface area contributed by atoms with Crippen molar-refractivity contribution in [2.75, 3.05) is 0 Å². The lowest BCUT2D eigenvalue weighted by Crippen LogP contribution is -2.03. The number of Topliss-reactive ketones (excluding diaryl/α,β-unsaturated/α-hetero) is 1. The molecule has 6 rings (SSSR count). The highest BCUT2D eigenvalue weighted by Gasteiger charge is 2.19. The Labute approximate surface area is 232 Å². The number of hydrogen-bond donors (Lipinski definition) is 0. The highest BCUT2D eigenvalue weighted by Crippen LogP contribution is 2.34. The maximum absolute atomic E-state index is 13.5. The average Bonchev–Trinajstić information content (AvgIpc) is 3.30. The highest BCUT2D eigenvalue weighted by molar-refractivity contribution is 6.18. The zero-order valence-corrected chi connectivity index (χ0v) is 22.6. The fourth-order valence-electron chi connectivity index (χ4n) is 5.40. The van der Waals surface area contributed by atoms with E-state index in [1.807, 2.05) is 123 Å². The summed E-state index contributed by atoms with van der Waals surface area (Å²) in [6.07, 6.45) is 0. The van der Waals surface area contributed by atoms with E-state index in [0.29, 0.717) is 27.8 Å². The van der Waals surface area contributed by atoms with Gasteiger partial charge in [-0.05, 0) is 92.6 Å². The minimum atomic E-state index is -0.0427. The first-order chi connectivity index (χ1) is 19.3. The quantitative estimate of drug-likeness (QED) is 0.208. The van der Waals surface area contributed by atoms with E-state index in [1.165, 1.54) is 0 Å². The molecule has 6 aromatic rings. The van der Waals surface area contributed by atoms with E-state index in [9.17, 15) is 14.4 Å². The predicted octanol–water partition coefficient (Wildman–Crippen LogP) is 8.07. The summed E-state index contributed by atoms with van der Waals surface area (Å²) in [5.41, 5.74) is 7.70. The number of carbonyl (C=O) groups is 3. The molecule has 194 valence electrons. The molecule has 0 saturated carbocycles. The molecule has 0 spiro atoms. The van der Waals surface area contributed by atoms with E-state index in [1.54, 1.807) is 6.92 Å². The Morgan fingerprint density at radius 2 is 0.950 bits per heavy atom. The molecule has 0 aliphatic rings. The molecule has 1 heterocycles. The van der Waals surface area contributed by atoms with Crippen LogP contribution in [0.3, 0.4) is 0 Å². The number of rotatable bonds is 6. The van der Waals surface area contributed by atoms with Crippen LogP contribution < -0.4 is 0 Å². The van der Waals surface area contributed by atoms with Gasteiger partial charge in [0, 0.05) is 44.3 Å². The van der Waals surface area contributed by atoms with E-state index in [0.717, 1.165) is 38.6 Å². The van der Waals surface area contributed by atoms with Gasteiger partial charge in [0.1, 0.15) is 0 Å². The van der Waals surface area contributed by atoms with Crippen molar-refractivity contribution in [1.82, 2.24) is 4.57 Å². The standard InChI is InChI=1S/C36H27NO3/c1-22-8-4-6-10-29(22)35(39)26-14-18-33-31(20-26)32-21-27(36(40)30-11-7-5-9-23(30)2)15-19-34(32)37(33)28-16-12-25(13-17-28)24(3)38/h4-21H,1-3H3. The zero-order valence-electron chi connectivity index (χ0n) is 22.6. The van der Waals surface area contributed by atoms with Crippen molar-refractivity contribution >= 4 is 39.2 Å². The van der Waals surface area contributed by atoms with Crippen molar-refractivity contribution in [2.24, 2.45) is 0 Å². The number of carbonyl (C=O) groups excluding carboxylic acids is 3. The van der Waals surface area contributed by atoms with Crippen LogP contribution in [-0.4, -0.2) is 21.9 Å². The minimum absolute atomic E-state index is 0.00694. The van der Waals surface area contributed by atoms with E-state index in [2.05, 4.69) is 4.57 Å². The van der Waals surface area contributed by atoms with E-state index >= 15 is 0 Å². The highest BCUT2D eigenvalue weighted by atomic mass is 16.1. The number of benzene rings is 5. The van der Waals surface area contributed by atoms with Gasteiger partial charge in [-0.2, -0.15) is 0 Å². The Balaban J connectivity index is 1.58. The molecule has 40 heavy (non-hydrogen) atoms. The van der Waals surface area contributed by atoms with Gasteiger partial charge in [0.15, 0.2) is 17.3 Å². The summed E-state index contributed by atoms with van der Waals surface area (Å²) in [6.45, 7) is 5.42. The van der Waals surface area contributed by atoms with Crippen molar-refractivity contribution in [3.8, 4) is 5.69 Å². The first-order valence-corrected chi connectivity index (χ1v) is 13.2. The number of fused-ring (bicyclic) bond motifs is 3. The molecule has 0 saturated heterocycles. The smallest absolute Gasteiger partial charge is 0.193 e. The molecule has 0 amide bonds. The van der Waals surface area contributed by atoms with Crippen LogP contribution in [0.4, 0.5) is 0 Å². The second-order valence-electron chi connectivity index (χ2n) is 10.2. The third kappa shape index (κ3) is 4.24. The summed E-state index contributed by atoms with van der Waals surface area (Å²) in [4.78, 5) is 38.9. The first kappa shape index (κ1) is 25.2. The lowest BCUT2D eigenvalue weighted by atomic mass is 9.96. The van der Waals surface area contributed by atoms with E-state index in [-0.39, 0.29) is 17.3 Å². The van der Waals surface area contributed by atoms with Gasteiger partial charge in [0.2, 0.25) is 0 Å². The van der Waals surface area contributed by atoms with E-state index < -0.39 is 0 Å². The van der Waals surface area contributed by atoms with Gasteiger partial charge in [-0.15, -0.1) is 0 Å². The summed E-state index contributed by atoms with van der Waals surface area (Å²) in [6, 6.07) is 34.1. The van der Waals surface area contributed by atoms with Gasteiger partial charge in [0.25, 0.3) is 0 Å².